The number of halogens is 4. The minimum absolute atomic E-state index is 0.0203. The Morgan fingerprint density at radius 2 is 1.32 bits per heavy atom. The van der Waals surface area contributed by atoms with Crippen molar-refractivity contribution in [1.82, 2.24) is 53.0 Å². The Bertz CT molecular complexity index is 5130. The van der Waals surface area contributed by atoms with Gasteiger partial charge in [0.25, 0.3) is 11.8 Å². The van der Waals surface area contributed by atoms with Crippen LogP contribution in [0.2, 0.25) is 20.1 Å². The molecule has 22 N–H and O–H groups in total. The Balaban J connectivity index is 1.03. The third-order valence-electron chi connectivity index (χ3n) is 20.7. The molecule has 638 valence electrons. The molecule has 0 saturated carbocycles. The SMILES string of the molecule is CNC(CC(C)C)C(=O)NC1C(=O)NC(CC(N)=O)C(=O)NC2C(=O)NC3C(=O)NC(C(=O)N[C@@H](C(=O)NO)c4cc(O)cc(O)c4-c4cc3ccc4O)C(O)c3ccc(c(Cl)c3)Oc3cc2cc(c3OC2OC(CO)C(O)C(O)C2OC2C[C@@](C)(NCc3cncc(NC(=O)c4cc(Cl)cc(Cl)c4)c3)C(O)C(C)O2)Oc2ccc(cc2Cl)C1O. The van der Waals surface area contributed by atoms with Crippen molar-refractivity contribution in [1.29, 1.82) is 0 Å². The first-order chi connectivity index (χ1) is 56.9. The molecule has 2 saturated heterocycles. The first-order valence-corrected chi connectivity index (χ1v) is 38.8. The van der Waals surface area contributed by atoms with E-state index in [4.69, 9.17) is 80.6 Å². The Kier molecular flexibility index (Phi) is 27.3. The topological polar surface area (TPSA) is 571 Å². The van der Waals surface area contributed by atoms with Crippen LogP contribution in [0.5, 0.6) is 46.0 Å². The maximum atomic E-state index is 16.3. The van der Waals surface area contributed by atoms with Crippen molar-refractivity contribution in [3.8, 4) is 57.1 Å². The molecule has 2 fully saturated rings. The summed E-state index contributed by atoms with van der Waals surface area (Å²) in [7, 11) is 1.47. The highest BCUT2D eigenvalue weighted by atomic mass is 35.5. The van der Waals surface area contributed by atoms with Gasteiger partial charge in [0.15, 0.2) is 23.9 Å². The number of anilines is 1. The van der Waals surface area contributed by atoms with E-state index in [9.17, 15) is 75.1 Å². The van der Waals surface area contributed by atoms with Crippen LogP contribution in [0, 0.1) is 5.92 Å². The average molecular weight is 1740 g/mol. The number of carbonyl (C=O) groups is 9. The van der Waals surface area contributed by atoms with Gasteiger partial charge in [0.05, 0.1) is 53.2 Å². The number of ether oxygens (including phenoxy) is 6. The van der Waals surface area contributed by atoms with Crippen molar-refractivity contribution in [3.63, 3.8) is 0 Å². The summed E-state index contributed by atoms with van der Waals surface area (Å²) in [5.74, 6) is -16.5. The van der Waals surface area contributed by atoms with E-state index in [1.165, 1.54) is 62.2 Å². The fourth-order valence-electron chi connectivity index (χ4n) is 14.6. The summed E-state index contributed by atoms with van der Waals surface area (Å²) in [6, 6.07) is 5.07. The summed E-state index contributed by atoms with van der Waals surface area (Å²) in [6.45, 7) is 5.73. The molecular weight excluding hydrogens is 1660 g/mol. The van der Waals surface area contributed by atoms with Gasteiger partial charge in [0.1, 0.15) is 95.5 Å². The van der Waals surface area contributed by atoms with Crippen LogP contribution in [0.4, 0.5) is 5.69 Å². The van der Waals surface area contributed by atoms with E-state index >= 15 is 19.2 Å². The minimum Gasteiger partial charge on any atom is -0.508 e. The fourth-order valence-corrected chi connectivity index (χ4v) is 15.5. The van der Waals surface area contributed by atoms with Gasteiger partial charge in [-0.3, -0.25) is 53.3 Å². The van der Waals surface area contributed by atoms with Crippen LogP contribution < -0.4 is 73.3 Å². The summed E-state index contributed by atoms with van der Waals surface area (Å²) < 4.78 is 39.4. The van der Waals surface area contributed by atoms with Gasteiger partial charge in [-0.2, -0.15) is 0 Å². The number of pyridine rings is 1. The molecule has 14 rings (SSSR count). The van der Waals surface area contributed by atoms with Gasteiger partial charge >= 0.3 is 0 Å². The average Bonchev–Trinajstić information content (AvgIpc) is 0.764. The second kappa shape index (κ2) is 37.0. The molecule has 18 atom stereocenters. The number of primary amides is 1. The van der Waals surface area contributed by atoms with Gasteiger partial charge < -0.3 is 128 Å². The lowest BCUT2D eigenvalue weighted by Crippen LogP contribution is -2.65. The molecule has 1 aromatic heterocycles. The number of phenolic OH excluding ortho intramolecular Hbond substituents is 3. The second-order valence-electron chi connectivity index (χ2n) is 29.8. The first kappa shape index (κ1) is 88.5. The number of carbonyl (C=O) groups excluding carboxylic acids is 9. The Morgan fingerprint density at radius 3 is 1.95 bits per heavy atom. The van der Waals surface area contributed by atoms with E-state index < -0.39 is 248 Å². The number of rotatable bonds is 18. The number of amides is 9. The maximum absolute atomic E-state index is 16.3. The molecule has 37 nitrogen and oxygen atoms in total. The summed E-state index contributed by atoms with van der Waals surface area (Å²) in [6.07, 6.45) is -16.5. The molecule has 7 aliphatic heterocycles. The quantitative estimate of drug-likeness (QED) is 0.0433. The van der Waals surface area contributed by atoms with Crippen LogP contribution >= 0.6 is 46.4 Å². The molecule has 41 heteroatoms. The van der Waals surface area contributed by atoms with Crippen LogP contribution in [0.1, 0.15) is 121 Å². The molecule has 9 amide bonds. The largest absolute Gasteiger partial charge is 0.508 e. The number of nitrogens with two attached hydrogens (primary N) is 1. The zero-order chi connectivity index (χ0) is 86.8. The standard InChI is InChI=1S/C79H84Cl4N12O25/c1-30(2)12-46(85-5)71(107)93-61-63(101)34-7-10-50(44(82)17-34)116-52-19-36-20-53(67(52)120-78-68(66(104)65(103)54(29-96)118-78)119-56-25-79(4,69(105)31(3)115-56)87-27-32-13-40(28-86-26-32)88-70(106)37-14-38(80)21-39(81)15-37)117-51-11-8-35(18-45(51)83)64(102)62-76(112)92-60(77(113)95-114)43-22-41(97)23-49(99)57(43)42-16-33(6-9-48(42)98)58(73(109)94-62)91-74(110)59(36)90-72(108)47(24-55(84)100)89-75(61)111/h6-11,13-23,26,28,30-31,46-47,54,56,58-66,68-69,78,85,87,96-99,101-105,114H,12,24-25,27,29H2,1-5H3,(H2,84,100)(H,88,106)(H,89,111)(H,90,108)(H,91,110)(H,92,112)(H,93,107)(H,94,109)(H,95,113)/t31?,46?,47?,54?,56?,58?,59?,60-,61?,62?,63?,64?,65?,66?,68?,69?,78?,79-/m1/s1. The molecule has 0 spiro atoms. The van der Waals surface area contributed by atoms with Crippen LogP contribution in [-0.4, -0.2) is 202 Å². The van der Waals surface area contributed by atoms with Crippen LogP contribution in [0.25, 0.3) is 11.1 Å². The lowest BCUT2D eigenvalue weighted by molar-refractivity contribution is -0.334. The van der Waals surface area contributed by atoms with E-state index in [1.807, 2.05) is 13.8 Å². The number of hydrogen-bond acceptors (Lipinski definition) is 28. The van der Waals surface area contributed by atoms with Gasteiger partial charge in [0, 0.05) is 57.5 Å². The number of phenols is 3. The molecule has 8 heterocycles. The lowest BCUT2D eigenvalue weighted by Gasteiger charge is -2.48. The van der Waals surface area contributed by atoms with Crippen molar-refractivity contribution in [2.45, 2.75) is 163 Å². The summed E-state index contributed by atoms with van der Waals surface area (Å²) in [5, 5.41) is 139. The van der Waals surface area contributed by atoms with E-state index in [1.54, 1.807) is 13.0 Å². The predicted molar refractivity (Wildman–Crippen MR) is 423 cm³/mol. The van der Waals surface area contributed by atoms with E-state index in [-0.39, 0.29) is 69.0 Å². The van der Waals surface area contributed by atoms with Crippen molar-refractivity contribution in [3.05, 3.63) is 175 Å². The van der Waals surface area contributed by atoms with E-state index in [2.05, 4.69) is 52.8 Å². The molecule has 11 bridgehead atoms. The Hall–Kier alpha value is -10.8. The smallest absolute Gasteiger partial charge is 0.270 e. The number of hydroxylamine groups is 1. The highest BCUT2D eigenvalue weighted by Crippen LogP contribution is 2.50. The number of likely N-dealkylation sites (N-methyl/N-ethyl adjacent to an activating group) is 1. The van der Waals surface area contributed by atoms with Gasteiger partial charge in [-0.15, -0.1) is 0 Å². The number of nitrogens with zero attached hydrogens (tertiary/aromatic N) is 1. The molecule has 6 aromatic carbocycles. The Labute approximate surface area is 702 Å². The number of nitrogens with one attached hydrogen (secondary N) is 10. The van der Waals surface area contributed by atoms with Gasteiger partial charge in [-0.05, 0) is 145 Å². The summed E-state index contributed by atoms with van der Waals surface area (Å²) in [4.78, 5) is 136. The predicted octanol–water partition coefficient (Wildman–Crippen LogP) is 3.31. The van der Waals surface area contributed by atoms with Crippen LogP contribution in [0.15, 0.2) is 116 Å². The minimum atomic E-state index is -2.39. The zero-order valence-electron chi connectivity index (χ0n) is 64.0. The molecule has 0 radical (unpaired) electrons. The van der Waals surface area contributed by atoms with E-state index in [0.717, 1.165) is 66.7 Å². The second-order valence-corrected chi connectivity index (χ2v) is 31.5. The number of aromatic nitrogens is 1. The summed E-state index contributed by atoms with van der Waals surface area (Å²) >= 11 is 26.7. The van der Waals surface area contributed by atoms with Crippen molar-refractivity contribution >= 4 is 105 Å². The third-order valence-corrected chi connectivity index (χ3v) is 21.8. The molecule has 7 aliphatic rings. The first-order valence-electron chi connectivity index (χ1n) is 37.3. The van der Waals surface area contributed by atoms with Gasteiger partial charge in [0.2, 0.25) is 53.4 Å². The molecule has 7 aromatic rings. The zero-order valence-corrected chi connectivity index (χ0v) is 67.1. The lowest BCUT2D eigenvalue weighted by atomic mass is 9.84. The molecular formula is C79H84Cl4N12O25. The number of benzene rings is 6. The number of aliphatic hydroxyl groups excluding tert-OH is 6. The van der Waals surface area contributed by atoms with Gasteiger partial charge in [-0.25, -0.2) is 5.48 Å². The van der Waals surface area contributed by atoms with Crippen molar-refractivity contribution < 1.29 is 123 Å². The van der Waals surface area contributed by atoms with Crippen LogP contribution in [0.3, 0.4) is 0 Å². The maximum Gasteiger partial charge on any atom is 0.270 e. The summed E-state index contributed by atoms with van der Waals surface area (Å²) in [5.41, 5.74) is 3.82. The van der Waals surface area contributed by atoms with Gasteiger partial charge in [-0.1, -0.05) is 78.5 Å². The number of aliphatic hydroxyl groups is 6. The molecule has 16 unspecified atom stereocenters. The highest BCUT2D eigenvalue weighted by Gasteiger charge is 2.52. The normalized spacial score (nSPS) is 26.5. The number of fused-ring (bicyclic) bond motifs is 15. The Morgan fingerprint density at radius 1 is 0.692 bits per heavy atom. The monoisotopic (exact) mass is 1740 g/mol. The number of hydrogen-bond donors (Lipinski definition) is 21. The fraction of sp³-hybridized carbons (Fsp3) is 0.367. The van der Waals surface area contributed by atoms with E-state index in [0.29, 0.717) is 5.56 Å². The highest BCUT2D eigenvalue weighted by molar-refractivity contribution is 6.35. The van der Waals surface area contributed by atoms with Crippen molar-refractivity contribution in [2.75, 3.05) is 19.0 Å². The third kappa shape index (κ3) is 19.5. The molecule has 0 aliphatic carbocycles. The van der Waals surface area contributed by atoms with Crippen LogP contribution in [-0.2, 0) is 59.1 Å². The van der Waals surface area contributed by atoms with Crippen molar-refractivity contribution in [2.24, 2.45) is 11.7 Å². The number of aromatic hydroxyl groups is 3. The molecule has 120 heavy (non-hydrogen) atoms.